The van der Waals surface area contributed by atoms with Crippen molar-refractivity contribution in [2.45, 2.75) is 6.42 Å². The molecule has 0 atom stereocenters. The predicted octanol–water partition coefficient (Wildman–Crippen LogP) is 3.13. The Kier molecular flexibility index (Phi) is 5.33. The molecule has 1 N–H and O–H groups in total. The van der Waals surface area contributed by atoms with E-state index in [4.69, 9.17) is 4.74 Å². The molecule has 4 aromatic rings. The maximum atomic E-state index is 12.0. The van der Waals surface area contributed by atoms with Crippen molar-refractivity contribution in [1.82, 2.24) is 14.5 Å². The molecular formula is C25H24N4O3. The first kappa shape index (κ1) is 20.2. The summed E-state index contributed by atoms with van der Waals surface area (Å²) in [6.45, 7) is 3.20. The van der Waals surface area contributed by atoms with Crippen LogP contribution in [-0.4, -0.2) is 45.9 Å². The van der Waals surface area contributed by atoms with E-state index in [1.165, 1.54) is 6.07 Å². The normalized spacial score (nSPS) is 14.1. The standard InChI is InChI=1S/C25H24N4O3/c1-28-19(3-2-4-24(28)31)14-18-13-17(5-8-23(18)30)25-21-7-6-20(15-22(21)26-16-27-25)29-9-11-32-12-10-29/h2-8,13,15-16,30H,9-12,14H2,1H3. The third-order valence-electron chi connectivity index (χ3n) is 6.01. The lowest BCUT2D eigenvalue weighted by atomic mass is 10.0. The summed E-state index contributed by atoms with van der Waals surface area (Å²) in [5, 5.41) is 11.4. The topological polar surface area (TPSA) is 80.5 Å². The Hall–Kier alpha value is -3.71. The first-order valence-electron chi connectivity index (χ1n) is 10.6. The van der Waals surface area contributed by atoms with Crippen LogP contribution in [0.3, 0.4) is 0 Å². The number of aromatic nitrogens is 3. The maximum Gasteiger partial charge on any atom is 0.250 e. The minimum Gasteiger partial charge on any atom is -0.508 e. The van der Waals surface area contributed by atoms with E-state index in [1.807, 2.05) is 18.2 Å². The molecule has 0 aliphatic carbocycles. The first-order chi connectivity index (χ1) is 15.6. The largest absolute Gasteiger partial charge is 0.508 e. The monoisotopic (exact) mass is 428 g/mol. The zero-order valence-electron chi connectivity index (χ0n) is 17.9. The van der Waals surface area contributed by atoms with Gasteiger partial charge in [-0.3, -0.25) is 4.79 Å². The molecule has 2 aromatic carbocycles. The molecule has 2 aromatic heterocycles. The molecule has 32 heavy (non-hydrogen) atoms. The number of benzene rings is 2. The molecule has 1 aliphatic heterocycles. The third-order valence-corrected chi connectivity index (χ3v) is 6.01. The van der Waals surface area contributed by atoms with Crippen molar-refractivity contribution < 1.29 is 9.84 Å². The number of hydrogen-bond acceptors (Lipinski definition) is 6. The minimum atomic E-state index is -0.0731. The number of phenols is 1. The highest BCUT2D eigenvalue weighted by Crippen LogP contribution is 2.32. The van der Waals surface area contributed by atoms with Crippen LogP contribution in [-0.2, 0) is 18.2 Å². The molecule has 1 aliphatic rings. The smallest absolute Gasteiger partial charge is 0.250 e. The van der Waals surface area contributed by atoms with Crippen LogP contribution in [0.25, 0.3) is 22.2 Å². The lowest BCUT2D eigenvalue weighted by Gasteiger charge is -2.29. The van der Waals surface area contributed by atoms with Gasteiger partial charge < -0.3 is 19.3 Å². The number of pyridine rings is 1. The van der Waals surface area contributed by atoms with Crippen LogP contribution in [0.15, 0.2) is 65.7 Å². The van der Waals surface area contributed by atoms with Gasteiger partial charge >= 0.3 is 0 Å². The van der Waals surface area contributed by atoms with E-state index in [0.717, 1.165) is 65.4 Å². The lowest BCUT2D eigenvalue weighted by molar-refractivity contribution is 0.122. The number of fused-ring (bicyclic) bond motifs is 1. The average molecular weight is 428 g/mol. The summed E-state index contributed by atoms with van der Waals surface area (Å²) in [5.74, 6) is 0.193. The molecule has 1 saturated heterocycles. The summed E-state index contributed by atoms with van der Waals surface area (Å²) < 4.78 is 7.05. The van der Waals surface area contributed by atoms with Crippen molar-refractivity contribution in [3.05, 3.63) is 82.5 Å². The van der Waals surface area contributed by atoms with E-state index in [-0.39, 0.29) is 11.3 Å². The Morgan fingerprint density at radius 2 is 1.88 bits per heavy atom. The minimum absolute atomic E-state index is 0.0731. The van der Waals surface area contributed by atoms with Crippen LogP contribution in [0.1, 0.15) is 11.3 Å². The molecule has 5 rings (SSSR count). The van der Waals surface area contributed by atoms with E-state index < -0.39 is 0 Å². The number of phenolic OH excluding ortho intramolecular Hbond substituents is 1. The van der Waals surface area contributed by atoms with Crippen molar-refractivity contribution in [1.29, 1.82) is 0 Å². The second kappa shape index (κ2) is 8.43. The zero-order chi connectivity index (χ0) is 22.1. The van der Waals surface area contributed by atoms with E-state index >= 15 is 0 Å². The van der Waals surface area contributed by atoms with Gasteiger partial charge in [-0.15, -0.1) is 0 Å². The molecule has 7 nitrogen and oxygen atoms in total. The molecule has 7 heteroatoms. The Morgan fingerprint density at radius 3 is 2.72 bits per heavy atom. The van der Waals surface area contributed by atoms with Crippen molar-refractivity contribution >= 4 is 16.6 Å². The van der Waals surface area contributed by atoms with Gasteiger partial charge in [-0.05, 0) is 42.5 Å². The average Bonchev–Trinajstić information content (AvgIpc) is 2.83. The zero-order valence-corrected chi connectivity index (χ0v) is 17.9. The van der Waals surface area contributed by atoms with Gasteiger partial charge in [-0.2, -0.15) is 0 Å². The van der Waals surface area contributed by atoms with Gasteiger partial charge in [0, 0.05) is 60.5 Å². The Morgan fingerprint density at radius 1 is 1.03 bits per heavy atom. The fourth-order valence-corrected chi connectivity index (χ4v) is 4.15. The molecule has 0 unspecified atom stereocenters. The highest BCUT2D eigenvalue weighted by atomic mass is 16.5. The molecule has 1 fully saturated rings. The lowest BCUT2D eigenvalue weighted by Crippen LogP contribution is -2.36. The first-order valence-corrected chi connectivity index (χ1v) is 10.6. The van der Waals surface area contributed by atoms with Crippen LogP contribution >= 0.6 is 0 Å². The number of aromatic hydroxyl groups is 1. The van der Waals surface area contributed by atoms with Crippen LogP contribution in [0.5, 0.6) is 5.75 Å². The molecule has 3 heterocycles. The van der Waals surface area contributed by atoms with Gasteiger partial charge in [-0.25, -0.2) is 9.97 Å². The summed E-state index contributed by atoms with van der Waals surface area (Å²) in [4.78, 5) is 23.3. The molecule has 0 saturated carbocycles. The van der Waals surface area contributed by atoms with Crippen LogP contribution < -0.4 is 10.5 Å². The Bertz CT molecular complexity index is 1340. The Balaban J connectivity index is 1.53. The summed E-state index contributed by atoms with van der Waals surface area (Å²) in [6.07, 6.45) is 2.02. The summed E-state index contributed by atoms with van der Waals surface area (Å²) in [5.41, 5.74) is 5.20. The number of nitrogens with zero attached hydrogens (tertiary/aromatic N) is 4. The van der Waals surface area contributed by atoms with E-state index in [9.17, 15) is 9.90 Å². The van der Waals surface area contributed by atoms with Crippen LogP contribution in [0, 0.1) is 0 Å². The fourth-order valence-electron chi connectivity index (χ4n) is 4.15. The SMILES string of the molecule is Cn1c(Cc2cc(-c3ncnc4cc(N5CCOCC5)ccc34)ccc2O)cccc1=O. The van der Waals surface area contributed by atoms with Gasteiger partial charge in [-0.1, -0.05) is 6.07 Å². The molecule has 0 spiro atoms. The maximum absolute atomic E-state index is 12.0. The van der Waals surface area contributed by atoms with Crippen molar-refractivity contribution in [2.24, 2.45) is 7.05 Å². The third kappa shape index (κ3) is 3.83. The molecule has 0 amide bonds. The van der Waals surface area contributed by atoms with Gasteiger partial charge in [0.15, 0.2) is 0 Å². The molecule has 0 bridgehead atoms. The number of rotatable bonds is 4. The highest BCUT2D eigenvalue weighted by molar-refractivity contribution is 5.94. The highest BCUT2D eigenvalue weighted by Gasteiger charge is 2.15. The van der Waals surface area contributed by atoms with Gasteiger partial charge in [0.25, 0.3) is 0 Å². The van der Waals surface area contributed by atoms with Gasteiger partial charge in [0.05, 0.1) is 24.4 Å². The van der Waals surface area contributed by atoms with Crippen molar-refractivity contribution in [3.63, 3.8) is 0 Å². The number of morpholine rings is 1. The van der Waals surface area contributed by atoms with Gasteiger partial charge in [0.2, 0.25) is 5.56 Å². The fraction of sp³-hybridized carbons (Fsp3) is 0.240. The number of anilines is 1. The predicted molar refractivity (Wildman–Crippen MR) is 124 cm³/mol. The molecule has 0 radical (unpaired) electrons. The van der Waals surface area contributed by atoms with E-state index in [1.54, 1.807) is 30.1 Å². The van der Waals surface area contributed by atoms with Crippen molar-refractivity contribution in [3.8, 4) is 17.0 Å². The van der Waals surface area contributed by atoms with Crippen LogP contribution in [0.4, 0.5) is 5.69 Å². The molecule has 162 valence electrons. The summed E-state index contributed by atoms with van der Waals surface area (Å²) in [6, 6.07) is 16.9. The second-order valence-electron chi connectivity index (χ2n) is 7.96. The molecular weight excluding hydrogens is 404 g/mol. The number of hydrogen-bond donors (Lipinski definition) is 1. The van der Waals surface area contributed by atoms with Crippen molar-refractivity contribution in [2.75, 3.05) is 31.2 Å². The second-order valence-corrected chi connectivity index (χ2v) is 7.96. The summed E-state index contributed by atoms with van der Waals surface area (Å²) >= 11 is 0. The summed E-state index contributed by atoms with van der Waals surface area (Å²) in [7, 11) is 1.74. The quantitative estimate of drug-likeness (QED) is 0.538. The van der Waals surface area contributed by atoms with Crippen LogP contribution in [0.2, 0.25) is 0 Å². The van der Waals surface area contributed by atoms with E-state index in [0.29, 0.717) is 6.42 Å². The van der Waals surface area contributed by atoms with E-state index in [2.05, 4.69) is 33.1 Å². The Labute approximate surface area is 185 Å². The number of ether oxygens (including phenoxy) is 1. The van der Waals surface area contributed by atoms with Gasteiger partial charge in [0.1, 0.15) is 12.1 Å².